The van der Waals surface area contributed by atoms with E-state index in [1.54, 1.807) is 6.20 Å². The predicted octanol–water partition coefficient (Wildman–Crippen LogP) is 3.82. The van der Waals surface area contributed by atoms with E-state index in [0.29, 0.717) is 12.6 Å². The normalized spacial score (nSPS) is 15.4. The highest BCUT2D eigenvalue weighted by molar-refractivity contribution is 5.84. The minimum absolute atomic E-state index is 0.00753. The molecular formula is C20H25N3O2. The lowest BCUT2D eigenvalue weighted by Crippen LogP contribution is -2.36. The van der Waals surface area contributed by atoms with Crippen LogP contribution in [0.4, 0.5) is 0 Å². The lowest BCUT2D eigenvalue weighted by Gasteiger charge is -2.34. The van der Waals surface area contributed by atoms with Gasteiger partial charge in [0.25, 0.3) is 0 Å². The average molecular weight is 339 g/mol. The SMILES string of the molecule is Cc1ccccc1CN(Cc1cnc(C(=O)O)cn1)C1CCCCC1. The molecule has 0 atom stereocenters. The molecule has 1 aliphatic carbocycles. The number of carboxylic acids is 1. The third kappa shape index (κ3) is 4.63. The van der Waals surface area contributed by atoms with Crippen molar-refractivity contribution < 1.29 is 9.90 Å². The maximum absolute atomic E-state index is 10.9. The maximum Gasteiger partial charge on any atom is 0.356 e. The molecule has 0 radical (unpaired) electrons. The smallest absolute Gasteiger partial charge is 0.356 e. The van der Waals surface area contributed by atoms with Crippen LogP contribution >= 0.6 is 0 Å². The zero-order chi connectivity index (χ0) is 17.6. The van der Waals surface area contributed by atoms with Gasteiger partial charge in [-0.1, -0.05) is 43.5 Å². The summed E-state index contributed by atoms with van der Waals surface area (Å²) in [6.07, 6.45) is 9.25. The minimum atomic E-state index is -1.04. The lowest BCUT2D eigenvalue weighted by molar-refractivity contribution is 0.0689. The van der Waals surface area contributed by atoms with E-state index in [4.69, 9.17) is 5.11 Å². The van der Waals surface area contributed by atoms with Crippen LogP contribution in [0, 0.1) is 6.92 Å². The van der Waals surface area contributed by atoms with Crippen LogP contribution in [0.2, 0.25) is 0 Å². The topological polar surface area (TPSA) is 66.3 Å². The van der Waals surface area contributed by atoms with Crippen molar-refractivity contribution in [2.45, 2.75) is 58.2 Å². The zero-order valence-corrected chi connectivity index (χ0v) is 14.7. The molecule has 0 saturated heterocycles. The van der Waals surface area contributed by atoms with E-state index < -0.39 is 5.97 Å². The van der Waals surface area contributed by atoms with Crippen molar-refractivity contribution in [3.8, 4) is 0 Å². The first kappa shape index (κ1) is 17.5. The number of aryl methyl sites for hydroxylation is 1. The second-order valence-corrected chi connectivity index (χ2v) is 6.82. The third-order valence-corrected chi connectivity index (χ3v) is 5.02. The van der Waals surface area contributed by atoms with Crippen molar-refractivity contribution in [1.82, 2.24) is 14.9 Å². The van der Waals surface area contributed by atoms with Crippen molar-refractivity contribution in [3.63, 3.8) is 0 Å². The van der Waals surface area contributed by atoms with Crippen molar-refractivity contribution in [2.24, 2.45) is 0 Å². The van der Waals surface area contributed by atoms with Crippen molar-refractivity contribution in [1.29, 1.82) is 0 Å². The van der Waals surface area contributed by atoms with Crippen LogP contribution in [0.5, 0.6) is 0 Å². The summed E-state index contributed by atoms with van der Waals surface area (Å²) < 4.78 is 0. The number of aromatic carboxylic acids is 1. The van der Waals surface area contributed by atoms with Crippen LogP contribution in [-0.2, 0) is 13.1 Å². The molecule has 0 unspecified atom stereocenters. The molecule has 1 aliphatic rings. The Morgan fingerprint density at radius 2 is 1.88 bits per heavy atom. The number of hydrogen-bond acceptors (Lipinski definition) is 4. The molecule has 0 spiro atoms. The Morgan fingerprint density at radius 3 is 2.52 bits per heavy atom. The first-order chi connectivity index (χ1) is 12.1. The van der Waals surface area contributed by atoms with Crippen LogP contribution in [0.3, 0.4) is 0 Å². The minimum Gasteiger partial charge on any atom is -0.476 e. The van der Waals surface area contributed by atoms with Crippen molar-refractivity contribution in [2.75, 3.05) is 0 Å². The molecule has 5 nitrogen and oxygen atoms in total. The predicted molar refractivity (Wildman–Crippen MR) is 96.3 cm³/mol. The molecule has 1 N–H and O–H groups in total. The third-order valence-electron chi connectivity index (χ3n) is 5.02. The summed E-state index contributed by atoms with van der Waals surface area (Å²) in [6.45, 7) is 3.74. The summed E-state index contributed by atoms with van der Waals surface area (Å²) in [7, 11) is 0. The summed E-state index contributed by atoms with van der Waals surface area (Å²) in [4.78, 5) is 21.8. The quantitative estimate of drug-likeness (QED) is 0.866. The van der Waals surface area contributed by atoms with E-state index >= 15 is 0 Å². The van der Waals surface area contributed by atoms with Gasteiger partial charge in [-0.05, 0) is 30.9 Å². The molecule has 5 heteroatoms. The molecule has 1 saturated carbocycles. The van der Waals surface area contributed by atoms with E-state index in [0.717, 1.165) is 12.2 Å². The molecule has 1 fully saturated rings. The number of aromatic nitrogens is 2. The Morgan fingerprint density at radius 1 is 1.12 bits per heavy atom. The molecular weight excluding hydrogens is 314 g/mol. The average Bonchev–Trinajstić information content (AvgIpc) is 2.64. The van der Waals surface area contributed by atoms with E-state index in [9.17, 15) is 4.79 Å². The highest BCUT2D eigenvalue weighted by atomic mass is 16.4. The number of carbonyl (C=O) groups is 1. The van der Waals surface area contributed by atoms with Gasteiger partial charge in [-0.25, -0.2) is 9.78 Å². The maximum atomic E-state index is 10.9. The Kier molecular flexibility index (Phi) is 5.76. The van der Waals surface area contributed by atoms with E-state index in [1.165, 1.54) is 49.4 Å². The zero-order valence-electron chi connectivity index (χ0n) is 14.7. The van der Waals surface area contributed by atoms with Crippen LogP contribution in [0.25, 0.3) is 0 Å². The van der Waals surface area contributed by atoms with Gasteiger partial charge < -0.3 is 5.11 Å². The Bertz CT molecular complexity index is 709. The Hall–Kier alpha value is -2.27. The summed E-state index contributed by atoms with van der Waals surface area (Å²) in [6, 6.07) is 9.04. The Balaban J connectivity index is 1.78. The summed E-state index contributed by atoms with van der Waals surface area (Å²) in [5, 5.41) is 8.97. The van der Waals surface area contributed by atoms with Gasteiger partial charge in [-0.2, -0.15) is 0 Å². The van der Waals surface area contributed by atoms with Crippen molar-refractivity contribution >= 4 is 5.97 Å². The fourth-order valence-corrected chi connectivity index (χ4v) is 3.52. The molecule has 1 aromatic heterocycles. The standard InChI is InChI=1S/C20H25N3O2/c1-15-7-5-6-8-16(15)13-23(18-9-3-2-4-10-18)14-17-11-22-19(12-21-17)20(24)25/h5-8,11-12,18H,2-4,9-10,13-14H2,1H3,(H,24,25). The second-order valence-electron chi connectivity index (χ2n) is 6.82. The number of rotatable bonds is 6. The van der Waals surface area contributed by atoms with Gasteiger partial charge in [0.1, 0.15) is 0 Å². The van der Waals surface area contributed by atoms with Crippen LogP contribution in [-0.4, -0.2) is 32.0 Å². The first-order valence-electron chi connectivity index (χ1n) is 8.96. The largest absolute Gasteiger partial charge is 0.476 e. The monoisotopic (exact) mass is 339 g/mol. The fraction of sp³-hybridized carbons (Fsp3) is 0.450. The highest BCUT2D eigenvalue weighted by Crippen LogP contribution is 2.26. The number of nitrogens with zero attached hydrogens (tertiary/aromatic N) is 3. The van der Waals surface area contributed by atoms with Gasteiger partial charge in [-0.3, -0.25) is 9.88 Å². The fourth-order valence-electron chi connectivity index (χ4n) is 3.52. The second kappa shape index (κ2) is 8.21. The first-order valence-corrected chi connectivity index (χ1v) is 8.96. The number of carboxylic acid groups (broad SMARTS) is 1. The van der Waals surface area contributed by atoms with Gasteiger partial charge in [0.05, 0.1) is 18.1 Å². The van der Waals surface area contributed by atoms with Gasteiger partial charge in [0.15, 0.2) is 5.69 Å². The summed E-state index contributed by atoms with van der Waals surface area (Å²) in [5.41, 5.74) is 3.45. The molecule has 0 amide bonds. The van der Waals surface area contributed by atoms with Crippen LogP contribution in [0.1, 0.15) is 59.4 Å². The lowest BCUT2D eigenvalue weighted by atomic mass is 9.93. The molecule has 0 aliphatic heterocycles. The molecule has 3 rings (SSSR count). The van der Waals surface area contributed by atoms with Gasteiger partial charge >= 0.3 is 5.97 Å². The molecule has 1 aromatic carbocycles. The highest BCUT2D eigenvalue weighted by Gasteiger charge is 2.22. The van der Waals surface area contributed by atoms with Crippen LogP contribution < -0.4 is 0 Å². The van der Waals surface area contributed by atoms with Crippen molar-refractivity contribution in [3.05, 3.63) is 59.2 Å². The molecule has 25 heavy (non-hydrogen) atoms. The van der Waals surface area contributed by atoms with Gasteiger partial charge in [0, 0.05) is 19.1 Å². The molecule has 132 valence electrons. The van der Waals surface area contributed by atoms with Gasteiger partial charge in [0.2, 0.25) is 0 Å². The number of hydrogen-bond donors (Lipinski definition) is 1. The molecule has 0 bridgehead atoms. The molecule has 2 aromatic rings. The van der Waals surface area contributed by atoms with Gasteiger partial charge in [-0.15, -0.1) is 0 Å². The summed E-state index contributed by atoms with van der Waals surface area (Å²) >= 11 is 0. The Labute approximate surface area is 148 Å². The molecule has 1 heterocycles. The van der Waals surface area contributed by atoms with E-state index in [-0.39, 0.29) is 5.69 Å². The number of benzene rings is 1. The summed E-state index contributed by atoms with van der Waals surface area (Å²) in [5.74, 6) is -1.04. The van der Waals surface area contributed by atoms with Crippen LogP contribution in [0.15, 0.2) is 36.7 Å². The van der Waals surface area contributed by atoms with E-state index in [1.807, 2.05) is 0 Å². The van der Waals surface area contributed by atoms with E-state index in [2.05, 4.69) is 46.1 Å².